The number of ether oxygens (including phenoxy) is 1. The number of nitrogens with two attached hydrogens (primary N) is 1. The van der Waals surface area contributed by atoms with Gasteiger partial charge < -0.3 is 25.1 Å². The van der Waals surface area contributed by atoms with Crippen LogP contribution in [-0.2, 0) is 16.0 Å². The van der Waals surface area contributed by atoms with Crippen LogP contribution >= 0.6 is 12.4 Å². The summed E-state index contributed by atoms with van der Waals surface area (Å²) in [5.74, 6) is 0.718. The largest absolute Gasteiger partial charge is 0.497 e. The van der Waals surface area contributed by atoms with E-state index in [-0.39, 0.29) is 36.7 Å². The highest BCUT2D eigenvalue weighted by Crippen LogP contribution is 2.27. The molecule has 0 spiro atoms. The van der Waals surface area contributed by atoms with Crippen molar-refractivity contribution in [3.63, 3.8) is 0 Å². The number of carbonyl (C=O) groups is 2. The van der Waals surface area contributed by atoms with E-state index in [1.54, 1.807) is 13.4 Å². The van der Waals surface area contributed by atoms with Crippen molar-refractivity contribution in [3.8, 4) is 5.75 Å². The van der Waals surface area contributed by atoms with Crippen LogP contribution in [0.5, 0.6) is 5.75 Å². The van der Waals surface area contributed by atoms with Crippen LogP contribution in [0.3, 0.4) is 0 Å². The molecule has 1 fully saturated rings. The van der Waals surface area contributed by atoms with Gasteiger partial charge in [0.2, 0.25) is 11.8 Å². The number of nitrogens with one attached hydrogen (secondary N) is 1. The molecule has 1 aliphatic rings. The van der Waals surface area contributed by atoms with Crippen LogP contribution in [0.1, 0.15) is 31.2 Å². The number of methoxy groups -OCH3 is 1. The molecule has 28 heavy (non-hydrogen) atoms. The Morgan fingerprint density at radius 1 is 1.36 bits per heavy atom. The first kappa shape index (κ1) is 22.0. The van der Waals surface area contributed by atoms with E-state index >= 15 is 0 Å². The molecule has 0 radical (unpaired) electrons. The van der Waals surface area contributed by atoms with Gasteiger partial charge in [0.15, 0.2) is 0 Å². The molecule has 1 unspecified atom stereocenters. The standard InChI is InChI=1S/C20H27N3O4.ClH/c1-26-16-5-6-17-14(13-27-18(17)11-16)10-20(25)23-9-3-2-4-15(23)12-22-19(24)7-8-21;/h5-6,11,13,15H,2-4,7-10,12,21H2,1H3,(H,22,24);1H. The van der Waals surface area contributed by atoms with Gasteiger partial charge in [-0.25, -0.2) is 0 Å². The number of halogens is 1. The van der Waals surface area contributed by atoms with Gasteiger partial charge in [0.1, 0.15) is 11.3 Å². The van der Waals surface area contributed by atoms with E-state index in [0.717, 1.165) is 42.5 Å². The minimum Gasteiger partial charge on any atom is -0.497 e. The molecule has 1 aliphatic heterocycles. The lowest BCUT2D eigenvalue weighted by Gasteiger charge is -2.36. The average Bonchev–Trinajstić information content (AvgIpc) is 3.08. The number of piperidine rings is 1. The maximum Gasteiger partial charge on any atom is 0.227 e. The first-order valence-corrected chi connectivity index (χ1v) is 9.42. The number of rotatable bonds is 7. The van der Waals surface area contributed by atoms with Crippen LogP contribution in [0, 0.1) is 0 Å². The van der Waals surface area contributed by atoms with Gasteiger partial charge >= 0.3 is 0 Å². The molecule has 3 N–H and O–H groups in total. The number of amides is 2. The molecule has 1 saturated heterocycles. The van der Waals surface area contributed by atoms with Gasteiger partial charge in [0, 0.05) is 49.1 Å². The molecule has 1 aromatic heterocycles. The summed E-state index contributed by atoms with van der Waals surface area (Å²) in [6, 6.07) is 5.63. The fourth-order valence-electron chi connectivity index (χ4n) is 3.58. The van der Waals surface area contributed by atoms with Gasteiger partial charge in [-0.15, -0.1) is 12.4 Å². The lowest BCUT2D eigenvalue weighted by Crippen LogP contribution is -2.50. The monoisotopic (exact) mass is 409 g/mol. The maximum absolute atomic E-state index is 12.9. The second-order valence-electron chi connectivity index (χ2n) is 6.88. The molecule has 0 aliphatic carbocycles. The maximum atomic E-state index is 12.9. The van der Waals surface area contributed by atoms with E-state index in [1.165, 1.54) is 0 Å². The molecule has 8 heteroatoms. The van der Waals surface area contributed by atoms with Crippen LogP contribution in [0.25, 0.3) is 11.0 Å². The zero-order chi connectivity index (χ0) is 19.2. The van der Waals surface area contributed by atoms with Crippen LogP contribution in [0.4, 0.5) is 0 Å². The molecule has 2 heterocycles. The number of carbonyl (C=O) groups excluding carboxylic acids is 2. The molecule has 154 valence electrons. The lowest BCUT2D eigenvalue weighted by atomic mass is 10.0. The Labute approximate surface area is 171 Å². The Morgan fingerprint density at radius 3 is 2.93 bits per heavy atom. The van der Waals surface area contributed by atoms with Gasteiger partial charge in [-0.3, -0.25) is 9.59 Å². The first-order valence-electron chi connectivity index (χ1n) is 9.42. The van der Waals surface area contributed by atoms with E-state index < -0.39 is 0 Å². The quantitative estimate of drug-likeness (QED) is 0.730. The van der Waals surface area contributed by atoms with Crippen LogP contribution < -0.4 is 15.8 Å². The van der Waals surface area contributed by atoms with E-state index in [2.05, 4.69) is 5.32 Å². The number of nitrogens with zero attached hydrogens (tertiary/aromatic N) is 1. The third kappa shape index (κ3) is 5.17. The molecule has 2 amide bonds. The van der Waals surface area contributed by atoms with Crippen molar-refractivity contribution >= 4 is 35.2 Å². The molecular formula is C20H28ClN3O4. The summed E-state index contributed by atoms with van der Waals surface area (Å²) in [7, 11) is 1.61. The van der Waals surface area contributed by atoms with Gasteiger partial charge in [-0.05, 0) is 31.4 Å². The Bertz CT molecular complexity index is 808. The third-order valence-electron chi connectivity index (χ3n) is 5.06. The first-order chi connectivity index (χ1) is 13.1. The highest BCUT2D eigenvalue weighted by molar-refractivity contribution is 5.88. The number of likely N-dealkylation sites (tertiary alicyclic amines) is 1. The van der Waals surface area contributed by atoms with E-state index in [9.17, 15) is 9.59 Å². The summed E-state index contributed by atoms with van der Waals surface area (Å²) < 4.78 is 10.8. The lowest BCUT2D eigenvalue weighted by molar-refractivity contribution is -0.134. The summed E-state index contributed by atoms with van der Waals surface area (Å²) in [4.78, 5) is 26.5. The SMILES string of the molecule is COc1ccc2c(CC(=O)N3CCCCC3CNC(=O)CCN)coc2c1.Cl. The topological polar surface area (TPSA) is 97.8 Å². The van der Waals surface area contributed by atoms with E-state index in [1.807, 2.05) is 23.1 Å². The number of fused-ring (bicyclic) bond motifs is 1. The Balaban J connectivity index is 0.00000280. The molecular weight excluding hydrogens is 382 g/mol. The van der Waals surface area contributed by atoms with Crippen LogP contribution in [-0.4, -0.2) is 49.5 Å². The van der Waals surface area contributed by atoms with E-state index in [0.29, 0.717) is 25.1 Å². The van der Waals surface area contributed by atoms with Gasteiger partial charge in [-0.2, -0.15) is 0 Å². The number of hydrogen-bond acceptors (Lipinski definition) is 5. The smallest absolute Gasteiger partial charge is 0.227 e. The Kier molecular flexibility index (Phi) is 8.14. The highest BCUT2D eigenvalue weighted by atomic mass is 35.5. The van der Waals surface area contributed by atoms with Gasteiger partial charge in [0.05, 0.1) is 19.8 Å². The fourth-order valence-corrected chi connectivity index (χ4v) is 3.58. The third-order valence-corrected chi connectivity index (χ3v) is 5.06. The summed E-state index contributed by atoms with van der Waals surface area (Å²) in [6.45, 7) is 1.53. The van der Waals surface area contributed by atoms with Crippen molar-refractivity contribution in [3.05, 3.63) is 30.0 Å². The zero-order valence-electron chi connectivity index (χ0n) is 16.1. The van der Waals surface area contributed by atoms with Gasteiger partial charge in [0.25, 0.3) is 0 Å². The van der Waals surface area contributed by atoms with Gasteiger partial charge in [-0.1, -0.05) is 0 Å². The highest BCUT2D eigenvalue weighted by Gasteiger charge is 2.27. The summed E-state index contributed by atoms with van der Waals surface area (Å²) in [5, 5.41) is 3.82. The molecule has 2 aromatic rings. The number of furan rings is 1. The molecule has 3 rings (SSSR count). The van der Waals surface area contributed by atoms with Crippen molar-refractivity contribution < 1.29 is 18.7 Å². The fraction of sp³-hybridized carbons (Fsp3) is 0.500. The summed E-state index contributed by atoms with van der Waals surface area (Å²) in [5.41, 5.74) is 6.99. The van der Waals surface area contributed by atoms with Crippen molar-refractivity contribution in [1.29, 1.82) is 0 Å². The number of hydrogen-bond donors (Lipinski definition) is 2. The van der Waals surface area contributed by atoms with Crippen molar-refractivity contribution in [2.45, 2.75) is 38.1 Å². The second kappa shape index (κ2) is 10.3. The van der Waals surface area contributed by atoms with E-state index in [4.69, 9.17) is 14.9 Å². The minimum atomic E-state index is -0.0646. The van der Waals surface area contributed by atoms with Crippen molar-refractivity contribution in [2.75, 3.05) is 26.7 Å². The molecule has 1 aromatic carbocycles. The Hall–Kier alpha value is -2.25. The van der Waals surface area contributed by atoms with Crippen molar-refractivity contribution in [2.24, 2.45) is 5.73 Å². The Morgan fingerprint density at radius 2 is 2.18 bits per heavy atom. The minimum absolute atomic E-state index is 0. The molecule has 0 bridgehead atoms. The summed E-state index contributed by atoms with van der Waals surface area (Å²) in [6.07, 6.45) is 5.19. The predicted molar refractivity (Wildman–Crippen MR) is 110 cm³/mol. The molecule has 0 saturated carbocycles. The zero-order valence-corrected chi connectivity index (χ0v) is 16.9. The summed E-state index contributed by atoms with van der Waals surface area (Å²) >= 11 is 0. The normalized spacial score (nSPS) is 16.5. The van der Waals surface area contributed by atoms with Crippen LogP contribution in [0.2, 0.25) is 0 Å². The number of benzene rings is 1. The van der Waals surface area contributed by atoms with Crippen LogP contribution in [0.15, 0.2) is 28.9 Å². The molecule has 7 nitrogen and oxygen atoms in total. The predicted octanol–water partition coefficient (Wildman–Crippen LogP) is 2.25. The average molecular weight is 410 g/mol. The second-order valence-corrected chi connectivity index (χ2v) is 6.88. The van der Waals surface area contributed by atoms with Crippen molar-refractivity contribution in [1.82, 2.24) is 10.2 Å². The molecule has 1 atom stereocenters.